The van der Waals surface area contributed by atoms with Crippen LogP contribution in [-0.4, -0.2) is 22.1 Å². The smallest absolute Gasteiger partial charge is 0.266 e. The first-order chi connectivity index (χ1) is 9.19. The average Bonchev–Trinajstić information content (AvgIpc) is 2.46. The number of alkyl halides is 2. The molecule has 2 aromatic rings. The summed E-state index contributed by atoms with van der Waals surface area (Å²) in [4.78, 5) is 11.8. The van der Waals surface area contributed by atoms with Gasteiger partial charge in [0.1, 0.15) is 0 Å². The molecule has 7 heteroatoms. The Kier molecular flexibility index (Phi) is 4.17. The van der Waals surface area contributed by atoms with E-state index in [9.17, 15) is 8.78 Å². The lowest BCUT2D eigenvalue weighted by Crippen LogP contribution is -2.05. The van der Waals surface area contributed by atoms with Crippen LogP contribution >= 0.6 is 0 Å². The van der Waals surface area contributed by atoms with Gasteiger partial charge in [-0.05, 0) is 6.07 Å². The summed E-state index contributed by atoms with van der Waals surface area (Å²) in [6.45, 7) is 0.380. The van der Waals surface area contributed by atoms with Gasteiger partial charge in [-0.2, -0.15) is 0 Å². The number of hydrogen-bond acceptors (Lipinski definition) is 5. The molecule has 0 fully saturated rings. The number of halogens is 2. The lowest BCUT2D eigenvalue weighted by molar-refractivity contribution is 0.150. The molecular weight excluding hydrogens is 254 g/mol. The summed E-state index contributed by atoms with van der Waals surface area (Å²) in [5.74, 6) is 0.780. The SMILES string of the molecule is COc1cccc(CNc2ncc(C(F)F)cn2)n1. The molecule has 0 unspecified atom stereocenters. The minimum Gasteiger partial charge on any atom is -0.481 e. The molecule has 0 bridgehead atoms. The number of pyridine rings is 1. The standard InChI is InChI=1S/C12H12F2N4O/c1-19-10-4-2-3-9(18-10)7-17-12-15-5-8(6-16-12)11(13)14/h2-6,11H,7H2,1H3,(H,15,16,17). The molecule has 0 saturated carbocycles. The molecule has 2 aromatic heterocycles. The Morgan fingerprint density at radius 2 is 2.00 bits per heavy atom. The number of ether oxygens (including phenoxy) is 1. The minimum atomic E-state index is -2.56. The highest BCUT2D eigenvalue weighted by atomic mass is 19.3. The molecule has 0 aliphatic carbocycles. The summed E-state index contributed by atoms with van der Waals surface area (Å²) in [5, 5.41) is 2.89. The van der Waals surface area contributed by atoms with Crippen LogP contribution in [0.2, 0.25) is 0 Å². The number of hydrogen-bond donors (Lipinski definition) is 1. The maximum atomic E-state index is 12.3. The number of nitrogens with zero attached hydrogens (tertiary/aromatic N) is 3. The van der Waals surface area contributed by atoms with Crippen molar-refractivity contribution in [2.24, 2.45) is 0 Å². The van der Waals surface area contributed by atoms with Crippen molar-refractivity contribution >= 4 is 5.95 Å². The third-order valence-electron chi connectivity index (χ3n) is 2.34. The minimum absolute atomic E-state index is 0.204. The van der Waals surface area contributed by atoms with Crippen LogP contribution in [0.4, 0.5) is 14.7 Å². The number of rotatable bonds is 5. The number of nitrogens with one attached hydrogen (secondary N) is 1. The van der Waals surface area contributed by atoms with Crippen molar-refractivity contribution in [1.82, 2.24) is 15.0 Å². The van der Waals surface area contributed by atoms with Crippen LogP contribution in [0, 0.1) is 0 Å². The Morgan fingerprint density at radius 1 is 1.26 bits per heavy atom. The predicted molar refractivity (Wildman–Crippen MR) is 65.1 cm³/mol. The quantitative estimate of drug-likeness (QED) is 0.900. The predicted octanol–water partition coefficient (Wildman–Crippen LogP) is 2.43. The van der Waals surface area contributed by atoms with Crippen molar-refractivity contribution in [2.75, 3.05) is 12.4 Å². The largest absolute Gasteiger partial charge is 0.481 e. The summed E-state index contributed by atoms with van der Waals surface area (Å²) in [6.07, 6.45) is -0.369. The van der Waals surface area contributed by atoms with Crippen LogP contribution in [0.5, 0.6) is 5.88 Å². The fourth-order valence-electron chi connectivity index (χ4n) is 1.38. The highest BCUT2D eigenvalue weighted by molar-refractivity contribution is 5.27. The first-order valence-corrected chi connectivity index (χ1v) is 5.53. The molecule has 0 aromatic carbocycles. The monoisotopic (exact) mass is 266 g/mol. The van der Waals surface area contributed by atoms with Crippen LogP contribution in [0.3, 0.4) is 0 Å². The molecular formula is C12H12F2N4O. The van der Waals surface area contributed by atoms with Gasteiger partial charge in [0.25, 0.3) is 6.43 Å². The molecule has 19 heavy (non-hydrogen) atoms. The van der Waals surface area contributed by atoms with Crippen molar-refractivity contribution in [2.45, 2.75) is 13.0 Å². The summed E-state index contributed by atoms with van der Waals surface area (Å²) < 4.78 is 29.6. The second-order valence-corrected chi connectivity index (χ2v) is 3.67. The zero-order valence-electron chi connectivity index (χ0n) is 10.2. The van der Waals surface area contributed by atoms with Gasteiger partial charge in [-0.25, -0.2) is 23.7 Å². The van der Waals surface area contributed by atoms with Crippen LogP contribution in [0.25, 0.3) is 0 Å². The first kappa shape index (κ1) is 13.1. The van der Waals surface area contributed by atoms with E-state index in [0.717, 1.165) is 18.1 Å². The summed E-state index contributed by atoms with van der Waals surface area (Å²) in [5.41, 5.74) is 0.533. The highest BCUT2D eigenvalue weighted by Crippen LogP contribution is 2.16. The van der Waals surface area contributed by atoms with Gasteiger partial charge in [0.05, 0.1) is 24.9 Å². The number of anilines is 1. The van der Waals surface area contributed by atoms with Gasteiger partial charge < -0.3 is 10.1 Å². The van der Waals surface area contributed by atoms with Gasteiger partial charge >= 0.3 is 0 Å². The van der Waals surface area contributed by atoms with Crippen LogP contribution < -0.4 is 10.1 Å². The van der Waals surface area contributed by atoms with Crippen molar-refractivity contribution in [3.05, 3.63) is 41.9 Å². The zero-order valence-corrected chi connectivity index (χ0v) is 10.2. The van der Waals surface area contributed by atoms with E-state index in [1.807, 2.05) is 12.1 Å². The first-order valence-electron chi connectivity index (χ1n) is 5.53. The molecule has 0 radical (unpaired) electrons. The Hall–Kier alpha value is -2.31. The highest BCUT2D eigenvalue weighted by Gasteiger charge is 2.07. The van der Waals surface area contributed by atoms with Gasteiger partial charge in [-0.3, -0.25) is 0 Å². The molecule has 1 N–H and O–H groups in total. The second-order valence-electron chi connectivity index (χ2n) is 3.67. The van der Waals surface area contributed by atoms with E-state index < -0.39 is 6.43 Å². The third kappa shape index (κ3) is 3.57. The molecule has 2 rings (SSSR count). The van der Waals surface area contributed by atoms with Gasteiger partial charge in [-0.1, -0.05) is 6.07 Å². The van der Waals surface area contributed by atoms with Crippen molar-refractivity contribution in [1.29, 1.82) is 0 Å². The van der Waals surface area contributed by atoms with Crippen LogP contribution in [-0.2, 0) is 6.54 Å². The molecule has 2 heterocycles. The molecule has 0 atom stereocenters. The second kappa shape index (κ2) is 6.03. The number of methoxy groups -OCH3 is 1. The summed E-state index contributed by atoms with van der Waals surface area (Å²) in [7, 11) is 1.53. The van der Waals surface area contributed by atoms with E-state index in [0.29, 0.717) is 12.4 Å². The van der Waals surface area contributed by atoms with Crippen LogP contribution in [0.15, 0.2) is 30.6 Å². The Labute approximate surface area is 108 Å². The van der Waals surface area contributed by atoms with E-state index in [1.165, 1.54) is 7.11 Å². The van der Waals surface area contributed by atoms with Gasteiger partial charge in [0.15, 0.2) is 0 Å². The summed E-state index contributed by atoms with van der Waals surface area (Å²) >= 11 is 0. The Bertz CT molecular complexity index is 534. The molecule has 0 aliphatic heterocycles. The molecule has 0 amide bonds. The van der Waals surface area contributed by atoms with E-state index in [4.69, 9.17) is 4.74 Å². The van der Waals surface area contributed by atoms with E-state index in [2.05, 4.69) is 20.3 Å². The van der Waals surface area contributed by atoms with Crippen LogP contribution in [0.1, 0.15) is 17.7 Å². The molecule has 0 spiro atoms. The normalized spacial score (nSPS) is 10.5. The number of aromatic nitrogens is 3. The van der Waals surface area contributed by atoms with E-state index in [1.54, 1.807) is 6.07 Å². The molecule has 0 aliphatic rings. The maximum Gasteiger partial charge on any atom is 0.266 e. The molecule has 100 valence electrons. The van der Waals surface area contributed by atoms with E-state index in [-0.39, 0.29) is 11.5 Å². The van der Waals surface area contributed by atoms with Crippen molar-refractivity contribution in [3.63, 3.8) is 0 Å². The van der Waals surface area contributed by atoms with Crippen molar-refractivity contribution < 1.29 is 13.5 Å². The summed E-state index contributed by atoms with van der Waals surface area (Å²) in [6, 6.07) is 5.35. The lowest BCUT2D eigenvalue weighted by atomic mass is 10.3. The lowest BCUT2D eigenvalue weighted by Gasteiger charge is -2.06. The average molecular weight is 266 g/mol. The van der Waals surface area contributed by atoms with Gasteiger partial charge in [0.2, 0.25) is 11.8 Å². The maximum absolute atomic E-state index is 12.3. The van der Waals surface area contributed by atoms with E-state index >= 15 is 0 Å². The zero-order chi connectivity index (χ0) is 13.7. The fourth-order valence-corrected chi connectivity index (χ4v) is 1.38. The Balaban J connectivity index is 1.98. The molecule has 5 nitrogen and oxygen atoms in total. The third-order valence-corrected chi connectivity index (χ3v) is 2.34. The van der Waals surface area contributed by atoms with Crippen molar-refractivity contribution in [3.8, 4) is 5.88 Å². The fraction of sp³-hybridized carbons (Fsp3) is 0.250. The topological polar surface area (TPSA) is 59.9 Å². The molecule has 0 saturated heterocycles. The van der Waals surface area contributed by atoms with Gasteiger partial charge in [0, 0.05) is 18.5 Å². The van der Waals surface area contributed by atoms with Gasteiger partial charge in [-0.15, -0.1) is 0 Å². The Morgan fingerprint density at radius 3 is 2.63 bits per heavy atom.